The Bertz CT molecular complexity index is 4330. The number of para-hydroxylation sites is 2. The van der Waals surface area contributed by atoms with E-state index in [4.69, 9.17) is 8.83 Å². The van der Waals surface area contributed by atoms with Crippen LogP contribution in [0.15, 0.2) is 221 Å². The lowest BCUT2D eigenvalue weighted by atomic mass is 9.28. The van der Waals surface area contributed by atoms with Crippen molar-refractivity contribution in [3.63, 3.8) is 0 Å². The molecule has 2 atom stereocenters. The van der Waals surface area contributed by atoms with Crippen LogP contribution in [0, 0.1) is 0 Å². The van der Waals surface area contributed by atoms with Gasteiger partial charge in [-0.3, -0.25) is 0 Å². The number of nitrogens with zero attached hydrogens (tertiary/aromatic N) is 3. The minimum Gasteiger partial charge on any atom is -0.456 e. The molecule has 2 aromatic heterocycles. The van der Waals surface area contributed by atoms with E-state index in [2.05, 4.69) is 262 Å². The van der Waals surface area contributed by atoms with Crippen LogP contribution in [0.1, 0.15) is 93.7 Å². The zero-order valence-corrected chi connectivity index (χ0v) is 45.3. The number of fused-ring (bicyclic) bond motifs is 9. The Labute approximate surface area is 461 Å². The number of hydrogen-bond donors (Lipinski definition) is 0. The van der Waals surface area contributed by atoms with Crippen LogP contribution in [0.5, 0.6) is 0 Å². The molecule has 5 nitrogen and oxygen atoms in total. The lowest BCUT2D eigenvalue weighted by molar-refractivity contribution is 0.195. The van der Waals surface area contributed by atoms with Gasteiger partial charge in [0, 0.05) is 84.6 Å². The second kappa shape index (κ2) is 15.7. The molecule has 1 fully saturated rings. The molecule has 0 radical (unpaired) electrons. The maximum Gasteiger partial charge on any atom is 0.253 e. The quantitative estimate of drug-likeness (QED) is 0.161. The molecule has 1 saturated carbocycles. The van der Waals surface area contributed by atoms with Gasteiger partial charge in [0.1, 0.15) is 22.3 Å². The zero-order chi connectivity index (χ0) is 52.7. The molecular formula is C73H58BN3O2. The normalized spacial score (nSPS) is 19.4. The summed E-state index contributed by atoms with van der Waals surface area (Å²) >= 11 is 0. The molecule has 0 amide bonds. The van der Waals surface area contributed by atoms with Gasteiger partial charge < -0.3 is 23.5 Å². The Balaban J connectivity index is 1.03. The predicted molar refractivity (Wildman–Crippen MR) is 328 cm³/mol. The van der Waals surface area contributed by atoms with E-state index in [1.807, 2.05) is 0 Å². The van der Waals surface area contributed by atoms with Crippen molar-refractivity contribution in [1.82, 2.24) is 0 Å². The van der Waals surface area contributed by atoms with Gasteiger partial charge in [-0.2, -0.15) is 0 Å². The van der Waals surface area contributed by atoms with Gasteiger partial charge in [0.25, 0.3) is 6.71 Å². The molecule has 5 aliphatic rings. The van der Waals surface area contributed by atoms with Gasteiger partial charge in [-0.05, 0) is 142 Å². The fourth-order valence-corrected chi connectivity index (χ4v) is 16.0. The van der Waals surface area contributed by atoms with Crippen LogP contribution in [0.2, 0.25) is 0 Å². The first-order valence-electron chi connectivity index (χ1n) is 28.5. The van der Waals surface area contributed by atoms with E-state index in [9.17, 15) is 0 Å². The van der Waals surface area contributed by atoms with Crippen molar-refractivity contribution in [2.75, 3.05) is 14.7 Å². The van der Waals surface area contributed by atoms with Crippen LogP contribution in [0.25, 0.3) is 43.9 Å². The fourth-order valence-electron chi connectivity index (χ4n) is 16.0. The number of anilines is 8. The molecule has 0 spiro atoms. The average Bonchev–Trinajstić information content (AvgIpc) is 3.00. The highest BCUT2D eigenvalue weighted by Crippen LogP contribution is 2.63. The summed E-state index contributed by atoms with van der Waals surface area (Å²) in [6, 6.07) is 80.2. The van der Waals surface area contributed by atoms with Crippen molar-refractivity contribution in [3.8, 4) is 0 Å². The fraction of sp³-hybridized carbons (Fsp3) is 0.178. The van der Waals surface area contributed by atoms with E-state index in [0.717, 1.165) is 68.1 Å². The summed E-state index contributed by atoms with van der Waals surface area (Å²) < 4.78 is 13.6. The Morgan fingerprint density at radius 2 is 0.911 bits per heavy atom. The molecule has 0 saturated heterocycles. The molecule has 79 heavy (non-hydrogen) atoms. The molecule has 4 aliphatic heterocycles. The van der Waals surface area contributed by atoms with Crippen molar-refractivity contribution in [2.45, 2.75) is 82.1 Å². The Hall–Kier alpha value is -8.74. The van der Waals surface area contributed by atoms with Gasteiger partial charge >= 0.3 is 0 Å². The molecule has 6 heteroatoms. The zero-order valence-electron chi connectivity index (χ0n) is 45.3. The third-order valence-electron chi connectivity index (χ3n) is 19.8. The first-order valence-corrected chi connectivity index (χ1v) is 28.5. The second-order valence-electron chi connectivity index (χ2n) is 24.6. The smallest absolute Gasteiger partial charge is 0.253 e. The lowest BCUT2D eigenvalue weighted by Crippen LogP contribution is -2.68. The van der Waals surface area contributed by atoms with Gasteiger partial charge in [-0.1, -0.05) is 174 Å². The molecular weight excluding hydrogens is 962 g/mol. The number of rotatable bonds is 5. The van der Waals surface area contributed by atoms with Gasteiger partial charge in [-0.15, -0.1) is 0 Å². The van der Waals surface area contributed by atoms with Gasteiger partial charge in [0.05, 0.1) is 11.0 Å². The molecule has 1 aliphatic carbocycles. The summed E-state index contributed by atoms with van der Waals surface area (Å²) in [6.45, 7) is 12.1. The third-order valence-corrected chi connectivity index (χ3v) is 19.8. The minimum absolute atomic E-state index is 0.0137. The van der Waals surface area contributed by atoms with Gasteiger partial charge in [0.2, 0.25) is 0 Å². The second-order valence-corrected chi connectivity index (χ2v) is 24.6. The van der Waals surface area contributed by atoms with Crippen LogP contribution in [-0.2, 0) is 16.2 Å². The van der Waals surface area contributed by atoms with Crippen LogP contribution in [0.4, 0.5) is 45.5 Å². The van der Waals surface area contributed by atoms with E-state index in [-0.39, 0.29) is 23.1 Å². The lowest BCUT2D eigenvalue weighted by Gasteiger charge is -2.53. The maximum absolute atomic E-state index is 6.81. The minimum atomic E-state index is -0.668. The average molecular weight is 1020 g/mol. The molecule has 0 N–H and O–H groups in total. The number of benzene rings is 10. The highest BCUT2D eigenvalue weighted by atomic mass is 16.3. The Kier molecular flexibility index (Phi) is 9.02. The molecule has 0 bridgehead atoms. The number of hydrogen-bond acceptors (Lipinski definition) is 5. The molecule has 6 heterocycles. The first-order chi connectivity index (χ1) is 38.5. The van der Waals surface area contributed by atoms with Crippen molar-refractivity contribution in [1.29, 1.82) is 0 Å². The predicted octanol–water partition coefficient (Wildman–Crippen LogP) is 17.3. The van der Waals surface area contributed by atoms with Crippen LogP contribution in [-0.4, -0.2) is 12.3 Å². The van der Waals surface area contributed by atoms with Crippen LogP contribution < -0.4 is 31.1 Å². The summed E-state index contributed by atoms with van der Waals surface area (Å²) in [5, 5.41) is 4.49. The largest absolute Gasteiger partial charge is 0.456 e. The molecule has 380 valence electrons. The van der Waals surface area contributed by atoms with Crippen molar-refractivity contribution in [2.24, 2.45) is 0 Å². The van der Waals surface area contributed by atoms with Crippen molar-refractivity contribution >= 4 is 112 Å². The van der Waals surface area contributed by atoms with E-state index >= 15 is 0 Å². The van der Waals surface area contributed by atoms with Crippen LogP contribution in [0.3, 0.4) is 0 Å². The first kappa shape index (κ1) is 45.3. The topological polar surface area (TPSA) is 36.0 Å². The summed E-state index contributed by atoms with van der Waals surface area (Å²) in [7, 11) is 0. The monoisotopic (exact) mass is 1020 g/mol. The molecule has 12 aromatic rings. The van der Waals surface area contributed by atoms with E-state index in [1.54, 1.807) is 0 Å². The summed E-state index contributed by atoms with van der Waals surface area (Å²) in [4.78, 5) is 8.00. The summed E-state index contributed by atoms with van der Waals surface area (Å²) in [6.07, 6.45) is 4.64. The van der Waals surface area contributed by atoms with Crippen LogP contribution >= 0.6 is 0 Å². The highest BCUT2D eigenvalue weighted by Gasteiger charge is 2.59. The van der Waals surface area contributed by atoms with E-state index in [0.29, 0.717) is 0 Å². The Morgan fingerprint density at radius 1 is 0.405 bits per heavy atom. The highest BCUT2D eigenvalue weighted by molar-refractivity contribution is 7.01. The third kappa shape index (κ3) is 5.81. The van der Waals surface area contributed by atoms with Gasteiger partial charge in [-0.25, -0.2) is 0 Å². The Morgan fingerprint density at radius 3 is 1.46 bits per heavy atom. The van der Waals surface area contributed by atoms with Crippen molar-refractivity contribution in [3.05, 3.63) is 246 Å². The number of furan rings is 2. The molecule has 17 rings (SSSR count). The van der Waals surface area contributed by atoms with Gasteiger partial charge in [0.15, 0.2) is 0 Å². The SMILES string of the molecule is CC(C)(C)c1ccc2c(c1)C1(C)CCCCC1(C)N2c1cc2c3c(c1)N(c1ccc4c(c1)oc1ccccc14)c1cccc4c1B3c1c(cccc1C4(c1ccccc1)c1ccccc1)N2c1ccc2c(c1)oc1ccccc12. The van der Waals surface area contributed by atoms with Crippen molar-refractivity contribution < 1.29 is 8.83 Å². The molecule has 10 aromatic carbocycles. The maximum atomic E-state index is 6.81. The summed E-state index contributed by atoms with van der Waals surface area (Å²) in [5.41, 5.74) is 23.9. The molecule has 2 unspecified atom stereocenters. The van der Waals surface area contributed by atoms with E-state index < -0.39 is 5.41 Å². The summed E-state index contributed by atoms with van der Waals surface area (Å²) in [5.74, 6) is 0. The van der Waals surface area contributed by atoms with E-state index in [1.165, 1.54) is 96.7 Å². The standard InChI is InChI=1S/C73H58BN3O2/c1-70(2,3)47-32-37-58-57(40-47)71(4)38-16-17-39-72(71,5)77(58)50-41-61-69-62(42-50)76(49-34-36-54-52-25-13-15-31-64(52)79-66(54)44-49)60-29-19-27-56-68(60)74(69)67-55(73(56,45-20-8-6-9-21-45)46-22-10-7-11-23-46)26-18-28-59(67)75(61)48-33-35-53-51-24-12-14-30-63(51)78-65(53)43-48/h6-15,18-37,40-44H,16-17,38-39H2,1-5H3.